The van der Waals surface area contributed by atoms with Crippen molar-refractivity contribution in [3.63, 3.8) is 0 Å². The Morgan fingerprint density at radius 2 is 0.926 bits per heavy atom. The van der Waals surface area contributed by atoms with Crippen LogP contribution in [0.3, 0.4) is 0 Å². The second-order valence-electron chi connectivity index (χ2n) is 13.1. The minimum Gasteiger partial charge on any atom is -0.308 e. The van der Waals surface area contributed by atoms with Gasteiger partial charge in [0.25, 0.3) is 11.8 Å². The summed E-state index contributed by atoms with van der Waals surface area (Å²) in [6, 6.07) is 43.6. The maximum Gasteiger partial charge on any atom is 0.268 e. The van der Waals surface area contributed by atoms with Gasteiger partial charge in [-0.3, -0.25) is 9.59 Å². The van der Waals surface area contributed by atoms with E-state index in [4.69, 9.17) is 0 Å². The Morgan fingerprint density at radius 3 is 1.52 bits per heavy atom. The first kappa shape index (κ1) is 31.2. The number of rotatable bonds is 6. The quantitative estimate of drug-likeness (QED) is 0.161. The highest BCUT2D eigenvalue weighted by Crippen LogP contribution is 2.45. The average molecular weight is 697 g/mol. The van der Waals surface area contributed by atoms with Gasteiger partial charge in [0.1, 0.15) is 12.7 Å². The van der Waals surface area contributed by atoms with Crippen LogP contribution >= 0.6 is 0 Å². The van der Waals surface area contributed by atoms with Gasteiger partial charge in [-0.05, 0) is 64.2 Å². The highest BCUT2D eigenvalue weighted by Gasteiger charge is 2.40. The molecular weight excluding hydrogens is 669 g/mol. The standard InChI is InChI=1S/C46H28N6O2/c53-45-36-16-9-19-41(44(36)46(54)52(45)38-21-20-31(29-10-3-1-4-11-29)22-37(38)30-12-5-2-6-13-30)51-39-17-7-14-34(32-23-47-27-48-24-32)42(39)43-35(15-8-18-40(43)51)33-25-49-28-50-26-33/h1-28H. The number of fused-ring (bicyclic) bond motifs is 4. The monoisotopic (exact) mass is 696 g/mol. The number of anilines is 1. The molecule has 0 unspecified atom stereocenters. The highest BCUT2D eigenvalue weighted by atomic mass is 16.2. The second kappa shape index (κ2) is 12.6. The van der Waals surface area contributed by atoms with Gasteiger partial charge >= 0.3 is 0 Å². The Kier molecular flexibility index (Phi) is 7.26. The molecule has 0 saturated heterocycles. The van der Waals surface area contributed by atoms with Crippen LogP contribution in [0, 0.1) is 0 Å². The molecule has 0 saturated carbocycles. The van der Waals surface area contributed by atoms with Crippen molar-refractivity contribution in [1.29, 1.82) is 0 Å². The topological polar surface area (TPSA) is 93.9 Å². The Bertz CT molecular complexity index is 2810. The second-order valence-corrected chi connectivity index (χ2v) is 13.1. The van der Waals surface area contributed by atoms with Crippen LogP contribution in [0.15, 0.2) is 171 Å². The fourth-order valence-electron chi connectivity index (χ4n) is 7.79. The van der Waals surface area contributed by atoms with E-state index in [2.05, 4.69) is 54.8 Å². The van der Waals surface area contributed by atoms with Gasteiger partial charge in [-0.25, -0.2) is 24.8 Å². The zero-order valence-electron chi connectivity index (χ0n) is 28.7. The van der Waals surface area contributed by atoms with Crippen molar-refractivity contribution in [2.45, 2.75) is 0 Å². The third-order valence-electron chi connectivity index (χ3n) is 10.1. The van der Waals surface area contributed by atoms with Gasteiger partial charge in [-0.2, -0.15) is 0 Å². The van der Waals surface area contributed by atoms with E-state index in [-0.39, 0.29) is 11.8 Å². The van der Waals surface area contributed by atoms with Gasteiger partial charge in [0, 0.05) is 52.3 Å². The van der Waals surface area contributed by atoms with Gasteiger partial charge in [0.05, 0.1) is 33.5 Å². The number of amides is 2. The molecule has 1 aliphatic rings. The number of nitrogens with zero attached hydrogens (tertiary/aromatic N) is 6. The summed E-state index contributed by atoms with van der Waals surface area (Å²) in [5.41, 5.74) is 10.8. The smallest absolute Gasteiger partial charge is 0.268 e. The van der Waals surface area contributed by atoms with Crippen LogP contribution in [0.25, 0.3) is 72.0 Å². The Balaban J connectivity index is 1.21. The van der Waals surface area contributed by atoms with E-state index in [1.165, 1.54) is 17.6 Å². The van der Waals surface area contributed by atoms with E-state index in [9.17, 15) is 9.59 Å². The summed E-state index contributed by atoms with van der Waals surface area (Å²) < 4.78 is 2.09. The van der Waals surface area contributed by atoms with Crippen LogP contribution < -0.4 is 4.90 Å². The normalized spacial score (nSPS) is 12.5. The fourth-order valence-corrected chi connectivity index (χ4v) is 7.79. The predicted octanol–water partition coefficient (Wildman–Crippen LogP) is 9.83. The molecule has 6 aromatic carbocycles. The first-order chi connectivity index (χ1) is 26.7. The number of hydrogen-bond acceptors (Lipinski definition) is 6. The lowest BCUT2D eigenvalue weighted by molar-refractivity contribution is 0.0926. The van der Waals surface area contributed by atoms with Gasteiger partial charge in [-0.1, -0.05) is 97.1 Å². The lowest BCUT2D eigenvalue weighted by Crippen LogP contribution is -2.30. The van der Waals surface area contributed by atoms with E-state index in [0.717, 1.165) is 66.3 Å². The molecule has 9 aromatic rings. The van der Waals surface area contributed by atoms with Crippen molar-refractivity contribution in [3.05, 3.63) is 182 Å². The summed E-state index contributed by atoms with van der Waals surface area (Å²) in [7, 11) is 0. The number of carbonyl (C=O) groups excluding carboxylic acids is 2. The fraction of sp³-hybridized carbons (Fsp3) is 0. The molecule has 10 rings (SSSR count). The molecule has 254 valence electrons. The largest absolute Gasteiger partial charge is 0.308 e. The molecular formula is C46H28N6O2. The zero-order chi connectivity index (χ0) is 36.2. The summed E-state index contributed by atoms with van der Waals surface area (Å²) in [6.45, 7) is 0. The number of benzene rings is 6. The number of carbonyl (C=O) groups is 2. The molecule has 0 radical (unpaired) electrons. The molecule has 0 atom stereocenters. The van der Waals surface area contributed by atoms with Crippen molar-refractivity contribution >= 4 is 39.3 Å². The molecule has 0 spiro atoms. The SMILES string of the molecule is O=C1c2cccc(-n3c4cccc(-c5cncnc5)c4c4c(-c5cncnc5)cccc43)c2C(=O)N1c1ccc(-c2ccccc2)cc1-c1ccccc1. The minimum atomic E-state index is -0.384. The molecule has 2 amide bonds. The van der Waals surface area contributed by atoms with Crippen LogP contribution in [0.1, 0.15) is 20.7 Å². The molecule has 4 heterocycles. The lowest BCUT2D eigenvalue weighted by Gasteiger charge is -2.20. The number of hydrogen-bond donors (Lipinski definition) is 0. The van der Waals surface area contributed by atoms with Gasteiger partial charge in [-0.15, -0.1) is 0 Å². The van der Waals surface area contributed by atoms with E-state index >= 15 is 0 Å². The molecule has 8 heteroatoms. The number of aromatic nitrogens is 5. The van der Waals surface area contributed by atoms with E-state index < -0.39 is 0 Å². The Hall–Kier alpha value is -7.58. The van der Waals surface area contributed by atoms with Crippen LogP contribution in [-0.4, -0.2) is 36.3 Å². The van der Waals surface area contributed by atoms with Crippen molar-refractivity contribution < 1.29 is 9.59 Å². The highest BCUT2D eigenvalue weighted by molar-refractivity contribution is 6.36. The molecule has 0 N–H and O–H groups in total. The molecule has 8 nitrogen and oxygen atoms in total. The molecule has 54 heavy (non-hydrogen) atoms. The molecule has 0 bridgehead atoms. The average Bonchev–Trinajstić information content (AvgIpc) is 3.72. The predicted molar refractivity (Wildman–Crippen MR) is 211 cm³/mol. The molecule has 3 aromatic heterocycles. The lowest BCUT2D eigenvalue weighted by atomic mass is 9.97. The number of imide groups is 1. The van der Waals surface area contributed by atoms with Crippen LogP contribution in [0.2, 0.25) is 0 Å². The summed E-state index contributed by atoms with van der Waals surface area (Å²) in [5.74, 6) is -0.753. The zero-order valence-corrected chi connectivity index (χ0v) is 28.7. The van der Waals surface area contributed by atoms with Crippen molar-refractivity contribution in [3.8, 4) is 50.2 Å². The van der Waals surface area contributed by atoms with E-state index in [1.54, 1.807) is 30.9 Å². The third-order valence-corrected chi connectivity index (χ3v) is 10.1. The van der Waals surface area contributed by atoms with Gasteiger partial charge in [0.15, 0.2) is 0 Å². The summed E-state index contributed by atoms with van der Waals surface area (Å²) >= 11 is 0. The molecule has 0 fully saturated rings. The third kappa shape index (κ3) is 4.85. The van der Waals surface area contributed by atoms with Crippen molar-refractivity contribution in [2.75, 3.05) is 4.90 Å². The van der Waals surface area contributed by atoms with Gasteiger partial charge < -0.3 is 4.57 Å². The molecule has 1 aliphatic heterocycles. The van der Waals surface area contributed by atoms with E-state index in [1.807, 2.05) is 97.1 Å². The van der Waals surface area contributed by atoms with Crippen LogP contribution in [0.4, 0.5) is 5.69 Å². The van der Waals surface area contributed by atoms with Crippen LogP contribution in [0.5, 0.6) is 0 Å². The Labute approximate surface area is 309 Å². The van der Waals surface area contributed by atoms with Gasteiger partial charge in [0.2, 0.25) is 0 Å². The summed E-state index contributed by atoms with van der Waals surface area (Å²) in [6.07, 6.45) is 10.2. The summed E-state index contributed by atoms with van der Waals surface area (Å²) in [4.78, 5) is 48.1. The molecule has 0 aliphatic carbocycles. The maximum absolute atomic E-state index is 15.0. The minimum absolute atomic E-state index is 0.342. The Morgan fingerprint density at radius 1 is 0.389 bits per heavy atom. The van der Waals surface area contributed by atoms with E-state index in [0.29, 0.717) is 22.5 Å². The van der Waals surface area contributed by atoms with Crippen molar-refractivity contribution in [1.82, 2.24) is 24.5 Å². The first-order valence-electron chi connectivity index (χ1n) is 17.5. The van der Waals surface area contributed by atoms with Crippen molar-refractivity contribution in [2.24, 2.45) is 0 Å². The first-order valence-corrected chi connectivity index (χ1v) is 17.5. The summed E-state index contributed by atoms with van der Waals surface area (Å²) in [5, 5.41) is 1.91. The maximum atomic E-state index is 15.0. The van der Waals surface area contributed by atoms with Crippen LogP contribution in [-0.2, 0) is 0 Å².